The Bertz CT molecular complexity index is 1600. The minimum atomic E-state index is 0.156. The smallest absolute Gasteiger partial charge is 0.0346 e. The molecular formula is C35H28. The van der Waals surface area contributed by atoms with Crippen LogP contribution in [0.1, 0.15) is 33.7 Å². The number of hydrogen-bond acceptors (Lipinski definition) is 0. The van der Waals surface area contributed by atoms with Crippen LogP contribution in [0.5, 0.6) is 0 Å². The zero-order valence-electron chi connectivity index (χ0n) is 20.2. The fraction of sp³-hybridized carbons (Fsp3) is 0.0857. The average molecular weight is 449 g/mol. The molecule has 168 valence electrons. The van der Waals surface area contributed by atoms with Crippen molar-refractivity contribution >= 4 is 21.5 Å². The van der Waals surface area contributed by atoms with Crippen molar-refractivity contribution in [3.8, 4) is 11.1 Å². The Kier molecular flexibility index (Phi) is 5.43. The number of rotatable bonds is 4. The maximum atomic E-state index is 2.38. The second-order valence-corrected chi connectivity index (χ2v) is 9.46. The first-order valence-electron chi connectivity index (χ1n) is 12.3. The van der Waals surface area contributed by atoms with Gasteiger partial charge in [-0.05, 0) is 86.5 Å². The summed E-state index contributed by atoms with van der Waals surface area (Å²) in [5.74, 6) is 0.156. The van der Waals surface area contributed by atoms with E-state index in [2.05, 4.69) is 141 Å². The van der Waals surface area contributed by atoms with Gasteiger partial charge in [-0.15, -0.1) is 0 Å². The van der Waals surface area contributed by atoms with Gasteiger partial charge in [-0.3, -0.25) is 0 Å². The zero-order valence-corrected chi connectivity index (χ0v) is 20.2. The second kappa shape index (κ2) is 8.89. The fourth-order valence-electron chi connectivity index (χ4n) is 5.50. The summed E-state index contributed by atoms with van der Waals surface area (Å²) in [5.41, 5.74) is 9.30. The van der Waals surface area contributed by atoms with Crippen molar-refractivity contribution in [3.63, 3.8) is 0 Å². The van der Waals surface area contributed by atoms with E-state index < -0.39 is 0 Å². The van der Waals surface area contributed by atoms with E-state index in [9.17, 15) is 0 Å². The second-order valence-electron chi connectivity index (χ2n) is 9.46. The predicted octanol–water partition coefficient (Wildman–Crippen LogP) is 9.46. The summed E-state index contributed by atoms with van der Waals surface area (Å²) >= 11 is 0. The molecule has 0 aromatic heterocycles. The highest BCUT2D eigenvalue weighted by Crippen LogP contribution is 2.42. The van der Waals surface area contributed by atoms with Crippen LogP contribution >= 0.6 is 0 Å². The molecule has 0 amide bonds. The van der Waals surface area contributed by atoms with Crippen LogP contribution in [-0.2, 0) is 0 Å². The van der Waals surface area contributed by atoms with Crippen LogP contribution in [0.15, 0.2) is 127 Å². The summed E-state index contributed by atoms with van der Waals surface area (Å²) in [6.07, 6.45) is 0. The first-order chi connectivity index (χ1) is 17.2. The molecule has 0 fully saturated rings. The van der Waals surface area contributed by atoms with Crippen LogP contribution < -0.4 is 0 Å². The summed E-state index contributed by atoms with van der Waals surface area (Å²) in [4.78, 5) is 0. The van der Waals surface area contributed by atoms with E-state index in [0.717, 1.165) is 0 Å². The van der Waals surface area contributed by atoms with Gasteiger partial charge in [0.05, 0.1) is 0 Å². The van der Waals surface area contributed by atoms with Crippen molar-refractivity contribution in [2.45, 2.75) is 19.8 Å². The monoisotopic (exact) mass is 448 g/mol. The molecule has 6 aromatic carbocycles. The van der Waals surface area contributed by atoms with Gasteiger partial charge in [0.1, 0.15) is 0 Å². The van der Waals surface area contributed by atoms with Crippen molar-refractivity contribution in [1.29, 1.82) is 0 Å². The van der Waals surface area contributed by atoms with Gasteiger partial charge in [-0.1, -0.05) is 115 Å². The highest BCUT2D eigenvalue weighted by atomic mass is 14.3. The molecule has 0 aliphatic carbocycles. The van der Waals surface area contributed by atoms with Gasteiger partial charge in [0, 0.05) is 5.92 Å². The third kappa shape index (κ3) is 3.82. The lowest BCUT2D eigenvalue weighted by Crippen LogP contribution is -2.06. The Labute approximate surface area is 207 Å². The van der Waals surface area contributed by atoms with Crippen molar-refractivity contribution in [3.05, 3.63) is 155 Å². The summed E-state index contributed by atoms with van der Waals surface area (Å²) < 4.78 is 0. The minimum Gasteiger partial charge on any atom is -0.0622 e. The Morgan fingerprint density at radius 1 is 0.486 bits per heavy atom. The van der Waals surface area contributed by atoms with Crippen molar-refractivity contribution < 1.29 is 0 Å². The van der Waals surface area contributed by atoms with E-state index >= 15 is 0 Å². The Balaban J connectivity index is 1.68. The first kappa shape index (κ1) is 21.4. The lowest BCUT2D eigenvalue weighted by molar-refractivity contribution is 0.979. The van der Waals surface area contributed by atoms with E-state index in [-0.39, 0.29) is 5.92 Å². The topological polar surface area (TPSA) is 0 Å². The molecule has 0 spiro atoms. The predicted molar refractivity (Wildman–Crippen MR) is 150 cm³/mol. The lowest BCUT2D eigenvalue weighted by atomic mass is 9.79. The van der Waals surface area contributed by atoms with Gasteiger partial charge >= 0.3 is 0 Å². The third-order valence-electron chi connectivity index (χ3n) is 7.33. The van der Waals surface area contributed by atoms with Gasteiger partial charge in [0.15, 0.2) is 0 Å². The van der Waals surface area contributed by atoms with E-state index in [4.69, 9.17) is 0 Å². The molecule has 6 rings (SSSR count). The molecule has 0 heterocycles. The molecule has 0 bridgehead atoms. The van der Waals surface area contributed by atoms with Crippen LogP contribution in [-0.4, -0.2) is 0 Å². The standard InChI is InChI=1S/C35H28/c1-24-21-30-22-28-17-9-10-18-29(28)23-33(30)34(25(24)2)31-19-11-12-20-32(31)35(26-13-5-3-6-14-26)27-15-7-4-8-16-27/h3-23,35H,1-2H3. The number of hydrogen-bond donors (Lipinski definition) is 0. The van der Waals surface area contributed by atoms with Crippen LogP contribution in [0.3, 0.4) is 0 Å². The largest absolute Gasteiger partial charge is 0.0622 e. The maximum Gasteiger partial charge on any atom is 0.0346 e. The maximum absolute atomic E-state index is 2.38. The van der Waals surface area contributed by atoms with Crippen LogP contribution in [0.4, 0.5) is 0 Å². The molecule has 35 heavy (non-hydrogen) atoms. The van der Waals surface area contributed by atoms with Crippen LogP contribution in [0, 0.1) is 13.8 Å². The van der Waals surface area contributed by atoms with E-state index in [1.807, 2.05) is 0 Å². The first-order valence-corrected chi connectivity index (χ1v) is 12.3. The molecule has 0 saturated heterocycles. The molecule has 6 aromatic rings. The summed E-state index contributed by atoms with van der Waals surface area (Å²) in [6, 6.07) is 46.5. The summed E-state index contributed by atoms with van der Waals surface area (Å²) in [5, 5.41) is 5.19. The van der Waals surface area contributed by atoms with Gasteiger partial charge < -0.3 is 0 Å². The van der Waals surface area contributed by atoms with Crippen molar-refractivity contribution in [2.75, 3.05) is 0 Å². The number of benzene rings is 6. The Morgan fingerprint density at radius 3 is 1.69 bits per heavy atom. The molecule has 0 aliphatic rings. The van der Waals surface area contributed by atoms with E-state index in [1.165, 1.54) is 60.5 Å². The SMILES string of the molecule is Cc1cc2cc3ccccc3cc2c(-c2ccccc2C(c2ccccc2)c2ccccc2)c1C. The summed E-state index contributed by atoms with van der Waals surface area (Å²) in [7, 11) is 0. The molecule has 0 aliphatic heterocycles. The van der Waals surface area contributed by atoms with Crippen molar-refractivity contribution in [1.82, 2.24) is 0 Å². The quantitative estimate of drug-likeness (QED) is 0.186. The normalized spacial score (nSPS) is 11.4. The molecule has 0 unspecified atom stereocenters. The van der Waals surface area contributed by atoms with Gasteiger partial charge in [-0.25, -0.2) is 0 Å². The van der Waals surface area contributed by atoms with E-state index in [0.29, 0.717) is 0 Å². The molecule has 0 heteroatoms. The highest BCUT2D eigenvalue weighted by molar-refractivity contribution is 6.06. The number of fused-ring (bicyclic) bond motifs is 2. The molecular weight excluding hydrogens is 420 g/mol. The van der Waals surface area contributed by atoms with Gasteiger partial charge in [0.25, 0.3) is 0 Å². The van der Waals surface area contributed by atoms with Crippen molar-refractivity contribution in [2.24, 2.45) is 0 Å². The van der Waals surface area contributed by atoms with Crippen LogP contribution in [0.25, 0.3) is 32.7 Å². The highest BCUT2D eigenvalue weighted by Gasteiger charge is 2.22. The molecule has 0 radical (unpaired) electrons. The fourth-order valence-corrected chi connectivity index (χ4v) is 5.50. The van der Waals surface area contributed by atoms with Gasteiger partial charge in [0.2, 0.25) is 0 Å². The average Bonchev–Trinajstić information content (AvgIpc) is 2.90. The third-order valence-corrected chi connectivity index (χ3v) is 7.33. The Hall–Kier alpha value is -4.16. The molecule has 0 N–H and O–H groups in total. The molecule has 0 atom stereocenters. The Morgan fingerprint density at radius 2 is 1.03 bits per heavy atom. The van der Waals surface area contributed by atoms with Gasteiger partial charge in [-0.2, -0.15) is 0 Å². The van der Waals surface area contributed by atoms with E-state index in [1.54, 1.807) is 0 Å². The minimum absolute atomic E-state index is 0.156. The molecule has 0 nitrogen and oxygen atoms in total. The summed E-state index contributed by atoms with van der Waals surface area (Å²) in [6.45, 7) is 4.51. The lowest BCUT2D eigenvalue weighted by Gasteiger charge is -2.24. The zero-order chi connectivity index (χ0) is 23.8. The van der Waals surface area contributed by atoms with Crippen LogP contribution in [0.2, 0.25) is 0 Å². The molecule has 0 saturated carbocycles. The number of aryl methyl sites for hydroxylation is 1.